The molecule has 2 aromatic carbocycles. The molecule has 1 heterocycles. The minimum Gasteiger partial charge on any atom is -0.493 e. The molecule has 5 heteroatoms. The molecule has 0 aliphatic rings. The Bertz CT molecular complexity index is 855. The van der Waals surface area contributed by atoms with Crippen LogP contribution in [0.5, 0.6) is 5.88 Å². The largest absolute Gasteiger partial charge is 0.493 e. The van der Waals surface area contributed by atoms with Gasteiger partial charge in [-0.2, -0.15) is 0 Å². The normalized spacial score (nSPS) is 11.6. The van der Waals surface area contributed by atoms with Gasteiger partial charge in [-0.15, -0.1) is 10.2 Å². The van der Waals surface area contributed by atoms with Gasteiger partial charge >= 0.3 is 0 Å². The zero-order chi connectivity index (χ0) is 16.2. The molecule has 0 saturated carbocycles. The van der Waals surface area contributed by atoms with Crippen molar-refractivity contribution in [3.63, 3.8) is 0 Å². The van der Waals surface area contributed by atoms with Crippen LogP contribution in [0.4, 0.5) is 11.4 Å². The molecular formula is C18H18ClN3O. The van der Waals surface area contributed by atoms with Gasteiger partial charge < -0.3 is 9.67 Å². The van der Waals surface area contributed by atoms with Gasteiger partial charge in [0.15, 0.2) is 5.69 Å². The Morgan fingerprint density at radius 1 is 1.04 bits per heavy atom. The number of fused-ring (bicyclic) bond motifs is 1. The third kappa shape index (κ3) is 3.08. The summed E-state index contributed by atoms with van der Waals surface area (Å²) in [7, 11) is 0. The fourth-order valence-corrected chi connectivity index (χ4v) is 2.72. The summed E-state index contributed by atoms with van der Waals surface area (Å²) in [5, 5.41) is 20.4. The second kappa shape index (κ2) is 6.84. The van der Waals surface area contributed by atoms with E-state index in [-0.39, 0.29) is 5.88 Å². The summed E-state index contributed by atoms with van der Waals surface area (Å²) in [4.78, 5) is 0. The first-order chi connectivity index (χ1) is 11.2. The fourth-order valence-electron chi connectivity index (χ4n) is 2.55. The van der Waals surface area contributed by atoms with Gasteiger partial charge in [0.2, 0.25) is 5.88 Å². The van der Waals surface area contributed by atoms with Gasteiger partial charge in [-0.25, -0.2) is 0 Å². The molecule has 4 nitrogen and oxygen atoms in total. The molecule has 23 heavy (non-hydrogen) atoms. The highest BCUT2D eigenvalue weighted by Gasteiger charge is 2.15. The van der Waals surface area contributed by atoms with Crippen LogP contribution in [0.15, 0.2) is 58.8 Å². The molecule has 0 unspecified atom stereocenters. The molecule has 0 fully saturated rings. The number of halogens is 1. The highest BCUT2D eigenvalue weighted by atomic mass is 35.5. The van der Waals surface area contributed by atoms with Crippen molar-refractivity contribution >= 4 is 33.9 Å². The number of rotatable bonds is 5. The van der Waals surface area contributed by atoms with Gasteiger partial charge in [0.05, 0.1) is 10.5 Å². The Hall–Kier alpha value is -2.33. The van der Waals surface area contributed by atoms with Gasteiger partial charge in [0.25, 0.3) is 0 Å². The predicted molar refractivity (Wildman–Crippen MR) is 94.1 cm³/mol. The van der Waals surface area contributed by atoms with Gasteiger partial charge in [-0.05, 0) is 24.6 Å². The summed E-state index contributed by atoms with van der Waals surface area (Å²) in [6.45, 7) is 2.88. The highest BCUT2D eigenvalue weighted by molar-refractivity contribution is 6.32. The first-order valence-electron chi connectivity index (χ1n) is 7.69. The van der Waals surface area contributed by atoms with Gasteiger partial charge in [-0.1, -0.05) is 55.3 Å². The average Bonchev–Trinajstić information content (AvgIpc) is 2.84. The maximum Gasteiger partial charge on any atom is 0.220 e. The molecule has 0 spiro atoms. The van der Waals surface area contributed by atoms with Crippen molar-refractivity contribution in [1.29, 1.82) is 0 Å². The maximum atomic E-state index is 10.6. The average molecular weight is 328 g/mol. The van der Waals surface area contributed by atoms with Crippen LogP contribution >= 0.6 is 11.6 Å². The molecular weight excluding hydrogens is 310 g/mol. The third-order valence-corrected chi connectivity index (χ3v) is 4.08. The van der Waals surface area contributed by atoms with Gasteiger partial charge in [0.1, 0.15) is 5.69 Å². The molecule has 3 rings (SSSR count). The van der Waals surface area contributed by atoms with E-state index in [4.69, 9.17) is 11.6 Å². The molecule has 0 saturated heterocycles. The number of hydrogen-bond donors (Lipinski definition) is 1. The van der Waals surface area contributed by atoms with E-state index in [9.17, 15) is 5.11 Å². The molecule has 0 amide bonds. The van der Waals surface area contributed by atoms with E-state index in [2.05, 4.69) is 17.2 Å². The molecule has 0 aliphatic heterocycles. The van der Waals surface area contributed by atoms with Crippen molar-refractivity contribution in [1.82, 2.24) is 4.57 Å². The Labute approximate surface area is 140 Å². The lowest BCUT2D eigenvalue weighted by atomic mass is 10.2. The lowest BCUT2D eigenvalue weighted by Crippen LogP contribution is -1.96. The number of unbranched alkanes of at least 4 members (excludes halogenated alkanes) is 1. The summed E-state index contributed by atoms with van der Waals surface area (Å²) in [5.74, 6) is 0.149. The highest BCUT2D eigenvalue weighted by Crippen LogP contribution is 2.40. The van der Waals surface area contributed by atoms with Crippen LogP contribution in [-0.4, -0.2) is 9.67 Å². The quantitative estimate of drug-likeness (QED) is 0.556. The topological polar surface area (TPSA) is 49.9 Å². The molecule has 0 radical (unpaired) electrons. The van der Waals surface area contributed by atoms with Crippen molar-refractivity contribution in [3.8, 4) is 5.88 Å². The standard InChI is InChI=1S/C18H18ClN3O/c1-2-3-12-22-16-11-7-4-8-13(16)17(18(22)23)21-20-15-10-6-5-9-14(15)19/h4-11,23H,2-3,12H2,1H3. The summed E-state index contributed by atoms with van der Waals surface area (Å²) in [6, 6.07) is 15.1. The Morgan fingerprint density at radius 3 is 2.57 bits per heavy atom. The minimum atomic E-state index is 0.149. The lowest BCUT2D eigenvalue weighted by molar-refractivity contribution is 0.418. The molecule has 1 aromatic heterocycles. The monoisotopic (exact) mass is 327 g/mol. The van der Waals surface area contributed by atoms with Crippen molar-refractivity contribution < 1.29 is 5.11 Å². The SMILES string of the molecule is CCCCn1c(O)c(N=Nc2ccccc2Cl)c2ccccc21. The van der Waals surface area contributed by atoms with E-state index in [1.165, 1.54) is 0 Å². The number of aryl methyl sites for hydroxylation is 1. The van der Waals surface area contributed by atoms with Crippen LogP contribution in [-0.2, 0) is 6.54 Å². The number of aromatic nitrogens is 1. The second-order valence-electron chi connectivity index (χ2n) is 5.35. The van der Waals surface area contributed by atoms with Gasteiger partial charge in [0, 0.05) is 11.9 Å². The lowest BCUT2D eigenvalue weighted by Gasteiger charge is -2.05. The molecule has 3 aromatic rings. The Balaban J connectivity index is 2.07. The Kier molecular flexibility index (Phi) is 4.63. The zero-order valence-corrected chi connectivity index (χ0v) is 13.7. The van der Waals surface area contributed by atoms with E-state index in [1.807, 2.05) is 41.0 Å². The molecule has 0 atom stereocenters. The summed E-state index contributed by atoms with van der Waals surface area (Å²) in [6.07, 6.45) is 2.05. The van der Waals surface area contributed by atoms with Crippen LogP contribution in [0.2, 0.25) is 5.02 Å². The van der Waals surface area contributed by atoms with Crippen molar-refractivity contribution in [2.75, 3.05) is 0 Å². The predicted octanol–water partition coefficient (Wildman–Crippen LogP) is 6.22. The number of hydrogen-bond acceptors (Lipinski definition) is 3. The number of nitrogens with zero attached hydrogens (tertiary/aromatic N) is 3. The third-order valence-electron chi connectivity index (χ3n) is 3.76. The maximum absolute atomic E-state index is 10.6. The first kappa shape index (κ1) is 15.6. The van der Waals surface area contributed by atoms with Crippen molar-refractivity contribution in [3.05, 3.63) is 53.6 Å². The summed E-state index contributed by atoms with van der Waals surface area (Å²) < 4.78 is 1.89. The number of aromatic hydroxyl groups is 1. The van der Waals surface area contributed by atoms with E-state index >= 15 is 0 Å². The number of benzene rings is 2. The van der Waals surface area contributed by atoms with E-state index in [1.54, 1.807) is 12.1 Å². The van der Waals surface area contributed by atoms with Crippen LogP contribution in [0.1, 0.15) is 19.8 Å². The zero-order valence-electron chi connectivity index (χ0n) is 12.9. The van der Waals surface area contributed by atoms with Gasteiger partial charge in [-0.3, -0.25) is 0 Å². The van der Waals surface area contributed by atoms with Crippen LogP contribution in [0.25, 0.3) is 10.9 Å². The molecule has 118 valence electrons. The first-order valence-corrected chi connectivity index (χ1v) is 8.06. The van der Waals surface area contributed by atoms with E-state index in [0.717, 1.165) is 30.3 Å². The molecule has 0 bridgehead atoms. The fraction of sp³-hybridized carbons (Fsp3) is 0.222. The molecule has 1 N–H and O–H groups in total. The van der Waals surface area contributed by atoms with Crippen LogP contribution in [0.3, 0.4) is 0 Å². The smallest absolute Gasteiger partial charge is 0.220 e. The van der Waals surface area contributed by atoms with Crippen molar-refractivity contribution in [2.45, 2.75) is 26.3 Å². The van der Waals surface area contributed by atoms with E-state index < -0.39 is 0 Å². The van der Waals surface area contributed by atoms with Crippen LogP contribution < -0.4 is 0 Å². The van der Waals surface area contributed by atoms with Crippen molar-refractivity contribution in [2.24, 2.45) is 10.2 Å². The van der Waals surface area contributed by atoms with E-state index in [0.29, 0.717) is 16.4 Å². The minimum absolute atomic E-state index is 0.149. The second-order valence-corrected chi connectivity index (χ2v) is 5.75. The number of para-hydroxylation sites is 1. The summed E-state index contributed by atoms with van der Waals surface area (Å²) in [5.41, 5.74) is 2.03. The number of azo groups is 1. The molecule has 0 aliphatic carbocycles. The summed E-state index contributed by atoms with van der Waals surface area (Å²) >= 11 is 6.10. The Morgan fingerprint density at radius 2 is 1.78 bits per heavy atom. The van der Waals surface area contributed by atoms with Crippen LogP contribution in [0, 0.1) is 0 Å².